The summed E-state index contributed by atoms with van der Waals surface area (Å²) >= 11 is 0.844. The number of nitrogens with zero attached hydrogens (tertiary/aromatic N) is 1. The molecule has 0 unspecified atom stereocenters. The van der Waals surface area contributed by atoms with Crippen LogP contribution >= 0.6 is 11.3 Å². The quantitative estimate of drug-likeness (QED) is 0.739. The van der Waals surface area contributed by atoms with Crippen molar-refractivity contribution < 1.29 is 36.2 Å². The third-order valence-electron chi connectivity index (χ3n) is 3.04. The van der Waals surface area contributed by atoms with Gasteiger partial charge >= 0.3 is 18.3 Å². The van der Waals surface area contributed by atoms with Crippen LogP contribution in [0.25, 0.3) is 0 Å². The van der Waals surface area contributed by atoms with Crippen LogP contribution < -0.4 is 5.32 Å². The molecule has 0 saturated carbocycles. The number of hydrogen-bond acceptors (Lipinski definition) is 4. The lowest BCUT2D eigenvalue weighted by Gasteiger charge is -2.14. The van der Waals surface area contributed by atoms with Gasteiger partial charge in [0, 0.05) is 10.6 Å². The molecule has 0 amide bonds. The molecule has 0 bridgehead atoms. The van der Waals surface area contributed by atoms with E-state index in [1.54, 1.807) is 0 Å². The molecule has 1 heterocycles. The first kappa shape index (κ1) is 19.0. The number of aryl methyl sites for hydroxylation is 1. The van der Waals surface area contributed by atoms with Crippen LogP contribution in [0.5, 0.6) is 0 Å². The van der Waals surface area contributed by atoms with Crippen LogP contribution in [0.2, 0.25) is 0 Å². The molecule has 2 N–H and O–H groups in total. The van der Waals surface area contributed by atoms with Crippen molar-refractivity contribution in [3.8, 4) is 0 Å². The molecule has 0 radical (unpaired) electrons. The van der Waals surface area contributed by atoms with Crippen LogP contribution in [-0.2, 0) is 23.6 Å². The summed E-state index contributed by atoms with van der Waals surface area (Å²) in [6, 6.07) is 1.08. The van der Waals surface area contributed by atoms with E-state index in [0.717, 1.165) is 11.3 Å². The van der Waals surface area contributed by atoms with Gasteiger partial charge in [0.1, 0.15) is 0 Å². The number of nitrogens with one attached hydrogen (secondary N) is 1. The van der Waals surface area contributed by atoms with E-state index in [9.17, 15) is 31.1 Å². The summed E-state index contributed by atoms with van der Waals surface area (Å²) in [5, 5.41) is 11.1. The highest BCUT2D eigenvalue weighted by Crippen LogP contribution is 2.38. The first-order chi connectivity index (χ1) is 11.4. The molecule has 25 heavy (non-hydrogen) atoms. The Balaban J connectivity index is 2.40. The molecule has 0 aliphatic rings. The standard InChI is InChI=1S/C14H10F6N2O2S/c1-6-10(5-11(23)24)25-12(21-6)22-9-3-7(13(15,16)17)2-8(4-9)14(18,19)20/h2-4H,5H2,1H3,(H,21,22)(H,23,24). The maximum absolute atomic E-state index is 12.8. The predicted octanol–water partition coefficient (Wildman–Crippen LogP) is 4.86. The number of carbonyl (C=O) groups is 1. The predicted molar refractivity (Wildman–Crippen MR) is 77.9 cm³/mol. The monoisotopic (exact) mass is 384 g/mol. The minimum absolute atomic E-state index is 0.00111. The van der Waals surface area contributed by atoms with Gasteiger partial charge in [0.2, 0.25) is 0 Å². The van der Waals surface area contributed by atoms with Gasteiger partial charge in [-0.1, -0.05) is 0 Å². The molecule has 1 aromatic heterocycles. The van der Waals surface area contributed by atoms with Gasteiger partial charge < -0.3 is 10.4 Å². The van der Waals surface area contributed by atoms with E-state index in [1.807, 2.05) is 0 Å². The second-order valence-electron chi connectivity index (χ2n) is 5.02. The summed E-state index contributed by atoms with van der Waals surface area (Å²) in [6.07, 6.45) is -10.3. The van der Waals surface area contributed by atoms with E-state index < -0.39 is 35.1 Å². The van der Waals surface area contributed by atoms with Crippen LogP contribution in [0.4, 0.5) is 37.2 Å². The molecule has 0 fully saturated rings. The molecule has 0 saturated heterocycles. The van der Waals surface area contributed by atoms with Crippen molar-refractivity contribution in [2.24, 2.45) is 0 Å². The zero-order valence-corrected chi connectivity index (χ0v) is 13.2. The Labute approximate surface area is 141 Å². The summed E-state index contributed by atoms with van der Waals surface area (Å²) in [7, 11) is 0. The van der Waals surface area contributed by atoms with Gasteiger partial charge in [-0.2, -0.15) is 26.3 Å². The number of halogens is 6. The Bertz CT molecular complexity index is 765. The fraction of sp³-hybridized carbons (Fsp3) is 0.286. The van der Waals surface area contributed by atoms with E-state index in [4.69, 9.17) is 5.11 Å². The highest BCUT2D eigenvalue weighted by molar-refractivity contribution is 7.15. The first-order valence-electron chi connectivity index (χ1n) is 6.61. The van der Waals surface area contributed by atoms with Crippen molar-refractivity contribution in [1.82, 2.24) is 4.98 Å². The van der Waals surface area contributed by atoms with Crippen molar-refractivity contribution in [2.75, 3.05) is 5.32 Å². The number of carboxylic acids is 1. The molecule has 11 heteroatoms. The lowest BCUT2D eigenvalue weighted by Crippen LogP contribution is -2.11. The zero-order valence-electron chi connectivity index (χ0n) is 12.4. The summed E-state index contributed by atoms with van der Waals surface area (Å²) in [4.78, 5) is 15.0. The number of thiazole rings is 1. The van der Waals surface area contributed by atoms with Gasteiger partial charge in [-0.25, -0.2) is 4.98 Å². The van der Waals surface area contributed by atoms with Crippen LogP contribution in [0.15, 0.2) is 18.2 Å². The zero-order chi connectivity index (χ0) is 19.0. The van der Waals surface area contributed by atoms with Crippen molar-refractivity contribution in [3.05, 3.63) is 39.9 Å². The fourth-order valence-electron chi connectivity index (χ4n) is 1.93. The minimum atomic E-state index is -4.95. The molecule has 0 atom stereocenters. The second-order valence-corrected chi connectivity index (χ2v) is 6.10. The number of rotatable bonds is 4. The van der Waals surface area contributed by atoms with E-state index in [1.165, 1.54) is 6.92 Å². The average molecular weight is 384 g/mol. The molecular formula is C14H10F6N2O2S. The number of alkyl halides is 6. The van der Waals surface area contributed by atoms with Gasteiger partial charge in [-0.3, -0.25) is 4.79 Å². The molecular weight excluding hydrogens is 374 g/mol. The van der Waals surface area contributed by atoms with E-state index in [-0.39, 0.29) is 17.6 Å². The number of benzene rings is 1. The molecule has 2 aromatic rings. The van der Waals surface area contributed by atoms with Crippen molar-refractivity contribution >= 4 is 28.1 Å². The van der Waals surface area contributed by atoms with Crippen molar-refractivity contribution in [3.63, 3.8) is 0 Å². The number of aromatic nitrogens is 1. The first-order valence-corrected chi connectivity index (χ1v) is 7.42. The number of anilines is 2. The molecule has 1 aromatic carbocycles. The highest BCUT2D eigenvalue weighted by atomic mass is 32.1. The number of hydrogen-bond donors (Lipinski definition) is 2. The van der Waals surface area contributed by atoms with Gasteiger partial charge in [-0.15, -0.1) is 11.3 Å². The third kappa shape index (κ3) is 4.84. The smallest absolute Gasteiger partial charge is 0.416 e. The normalized spacial score (nSPS) is 12.3. The number of aliphatic carboxylic acids is 1. The molecule has 0 spiro atoms. The lowest BCUT2D eigenvalue weighted by molar-refractivity contribution is -0.143. The lowest BCUT2D eigenvalue weighted by atomic mass is 10.1. The maximum Gasteiger partial charge on any atom is 0.416 e. The van der Waals surface area contributed by atoms with Gasteiger partial charge in [0.05, 0.1) is 23.2 Å². The number of carboxylic acid groups (broad SMARTS) is 1. The Kier molecular flexibility index (Phi) is 4.98. The van der Waals surface area contributed by atoms with Gasteiger partial charge in [-0.05, 0) is 25.1 Å². The maximum atomic E-state index is 12.8. The highest BCUT2D eigenvalue weighted by Gasteiger charge is 2.37. The molecule has 136 valence electrons. The summed E-state index contributed by atoms with van der Waals surface area (Å²) < 4.78 is 76.9. The Morgan fingerprint density at radius 1 is 1.12 bits per heavy atom. The Hall–Kier alpha value is -2.30. The Morgan fingerprint density at radius 3 is 2.08 bits per heavy atom. The van der Waals surface area contributed by atoms with Crippen LogP contribution in [-0.4, -0.2) is 16.1 Å². The van der Waals surface area contributed by atoms with E-state index in [2.05, 4.69) is 10.3 Å². The molecule has 4 nitrogen and oxygen atoms in total. The van der Waals surface area contributed by atoms with E-state index >= 15 is 0 Å². The van der Waals surface area contributed by atoms with Gasteiger partial charge in [0.25, 0.3) is 0 Å². The topological polar surface area (TPSA) is 62.2 Å². The summed E-state index contributed by atoms with van der Waals surface area (Å²) in [6.45, 7) is 1.49. The SMILES string of the molecule is Cc1nc(Nc2cc(C(F)(F)F)cc(C(F)(F)F)c2)sc1CC(=O)O. The molecule has 2 rings (SSSR count). The van der Waals surface area contributed by atoms with Crippen LogP contribution in [0.3, 0.4) is 0 Å². The largest absolute Gasteiger partial charge is 0.481 e. The minimum Gasteiger partial charge on any atom is -0.481 e. The summed E-state index contributed by atoms with van der Waals surface area (Å²) in [5.74, 6) is -1.13. The van der Waals surface area contributed by atoms with Crippen molar-refractivity contribution in [2.45, 2.75) is 25.7 Å². The van der Waals surface area contributed by atoms with Crippen LogP contribution in [0.1, 0.15) is 21.7 Å². The Morgan fingerprint density at radius 2 is 1.64 bits per heavy atom. The van der Waals surface area contributed by atoms with Gasteiger partial charge in [0.15, 0.2) is 5.13 Å². The molecule has 0 aliphatic carbocycles. The van der Waals surface area contributed by atoms with E-state index in [0.29, 0.717) is 22.7 Å². The molecule has 0 aliphatic heterocycles. The third-order valence-corrected chi connectivity index (χ3v) is 4.12. The fourth-order valence-corrected chi connectivity index (χ4v) is 2.91. The average Bonchev–Trinajstić information content (AvgIpc) is 2.75. The second kappa shape index (κ2) is 6.54. The summed E-state index contributed by atoms with van der Waals surface area (Å²) in [5.41, 5.74) is -3.02. The van der Waals surface area contributed by atoms with Crippen molar-refractivity contribution in [1.29, 1.82) is 0 Å². The van der Waals surface area contributed by atoms with Crippen LogP contribution in [0, 0.1) is 6.92 Å².